The highest BCUT2D eigenvalue weighted by atomic mass is 32.2. The fourth-order valence-electron chi connectivity index (χ4n) is 2.47. The minimum absolute atomic E-state index is 0.196. The Morgan fingerprint density at radius 2 is 1.92 bits per heavy atom. The van der Waals surface area contributed by atoms with Gasteiger partial charge in [-0.1, -0.05) is 67.2 Å². The van der Waals surface area contributed by atoms with Gasteiger partial charge in [0.2, 0.25) is 0 Å². The number of hydroxylamine groups is 1. The van der Waals surface area contributed by atoms with E-state index in [1.807, 2.05) is 53.1 Å². The van der Waals surface area contributed by atoms with Crippen molar-refractivity contribution < 1.29 is 9.63 Å². The maximum Gasteiger partial charge on any atom is 0.254 e. The van der Waals surface area contributed by atoms with Gasteiger partial charge in [-0.05, 0) is 23.6 Å². The van der Waals surface area contributed by atoms with Crippen LogP contribution in [0.15, 0.2) is 66.1 Å². The fourth-order valence-corrected chi connectivity index (χ4v) is 3.18. The van der Waals surface area contributed by atoms with E-state index in [0.29, 0.717) is 11.8 Å². The number of hydrogen-bond donors (Lipinski definition) is 1. The van der Waals surface area contributed by atoms with E-state index in [0.717, 1.165) is 17.7 Å². The highest BCUT2D eigenvalue weighted by molar-refractivity contribution is 7.99. The second-order valence-electron chi connectivity index (χ2n) is 5.55. The predicted molar refractivity (Wildman–Crippen MR) is 101 cm³/mol. The standard InChI is InChI=1S/C19H20N4O2S/c1-2-16-10-6-7-11-17(16)23-14-20-21-19(23)26-13-18(24)22-25-12-15-8-4-3-5-9-15/h3-11,14H,2,12-13H2,1H3,(H,22,24). The molecule has 134 valence electrons. The van der Waals surface area contributed by atoms with Crippen LogP contribution in [0.25, 0.3) is 5.69 Å². The Morgan fingerprint density at radius 1 is 1.15 bits per heavy atom. The van der Waals surface area contributed by atoms with E-state index in [-0.39, 0.29) is 11.7 Å². The maximum absolute atomic E-state index is 12.0. The highest BCUT2D eigenvalue weighted by Crippen LogP contribution is 2.22. The van der Waals surface area contributed by atoms with Crippen LogP contribution in [0.3, 0.4) is 0 Å². The molecule has 0 aliphatic rings. The first kappa shape index (κ1) is 18.2. The van der Waals surface area contributed by atoms with E-state index in [4.69, 9.17) is 4.84 Å². The van der Waals surface area contributed by atoms with Gasteiger partial charge in [0.15, 0.2) is 5.16 Å². The number of aromatic nitrogens is 3. The van der Waals surface area contributed by atoms with Gasteiger partial charge in [0, 0.05) is 0 Å². The van der Waals surface area contributed by atoms with Crippen molar-refractivity contribution >= 4 is 17.7 Å². The molecule has 0 aliphatic heterocycles. The zero-order valence-electron chi connectivity index (χ0n) is 14.5. The summed E-state index contributed by atoms with van der Waals surface area (Å²) in [6.07, 6.45) is 2.58. The van der Waals surface area contributed by atoms with E-state index < -0.39 is 0 Å². The number of nitrogens with zero attached hydrogens (tertiary/aromatic N) is 3. The molecular weight excluding hydrogens is 348 g/mol. The lowest BCUT2D eigenvalue weighted by molar-refractivity contribution is -0.131. The second kappa shape index (κ2) is 9.17. The number of hydrogen-bond acceptors (Lipinski definition) is 5. The first-order valence-corrected chi connectivity index (χ1v) is 9.32. The summed E-state index contributed by atoms with van der Waals surface area (Å²) in [5.41, 5.74) is 5.68. The lowest BCUT2D eigenvalue weighted by Gasteiger charge is -2.10. The van der Waals surface area contributed by atoms with Crippen molar-refractivity contribution in [2.75, 3.05) is 5.75 Å². The minimum atomic E-state index is -0.218. The molecule has 26 heavy (non-hydrogen) atoms. The second-order valence-corrected chi connectivity index (χ2v) is 6.50. The summed E-state index contributed by atoms with van der Waals surface area (Å²) >= 11 is 1.32. The van der Waals surface area contributed by atoms with Gasteiger partial charge in [0.05, 0.1) is 18.0 Å². The lowest BCUT2D eigenvalue weighted by atomic mass is 10.1. The first-order valence-electron chi connectivity index (χ1n) is 8.33. The molecule has 6 nitrogen and oxygen atoms in total. The molecule has 0 radical (unpaired) electrons. The average molecular weight is 368 g/mol. The molecular formula is C19H20N4O2S. The Labute approximate surface area is 156 Å². The topological polar surface area (TPSA) is 69.0 Å². The molecule has 3 rings (SSSR count). The Kier molecular flexibility index (Phi) is 6.40. The van der Waals surface area contributed by atoms with Crippen molar-refractivity contribution in [3.63, 3.8) is 0 Å². The summed E-state index contributed by atoms with van der Waals surface area (Å²) in [5, 5.41) is 8.78. The number of aryl methyl sites for hydroxylation is 1. The average Bonchev–Trinajstić information content (AvgIpc) is 3.15. The molecule has 0 fully saturated rings. The third-order valence-corrected chi connectivity index (χ3v) is 4.69. The molecule has 2 aromatic carbocycles. The third kappa shape index (κ3) is 4.71. The molecule has 0 saturated heterocycles. The van der Waals surface area contributed by atoms with Crippen LogP contribution in [0.2, 0.25) is 0 Å². The number of carbonyl (C=O) groups excluding carboxylic acids is 1. The summed E-state index contributed by atoms with van der Waals surface area (Å²) in [7, 11) is 0. The molecule has 0 saturated carbocycles. The van der Waals surface area contributed by atoms with Crippen LogP contribution in [0, 0.1) is 0 Å². The number of nitrogens with one attached hydrogen (secondary N) is 1. The molecule has 3 aromatic rings. The van der Waals surface area contributed by atoms with Crippen molar-refractivity contribution in [2.24, 2.45) is 0 Å². The molecule has 7 heteroatoms. The normalized spacial score (nSPS) is 10.7. The number of rotatable bonds is 8. The van der Waals surface area contributed by atoms with Crippen molar-refractivity contribution in [1.82, 2.24) is 20.2 Å². The lowest BCUT2D eigenvalue weighted by Crippen LogP contribution is -2.25. The minimum Gasteiger partial charge on any atom is -0.276 e. The number of carbonyl (C=O) groups is 1. The van der Waals surface area contributed by atoms with E-state index in [1.165, 1.54) is 17.3 Å². The van der Waals surface area contributed by atoms with Crippen molar-refractivity contribution in [1.29, 1.82) is 0 Å². The Morgan fingerprint density at radius 3 is 2.73 bits per heavy atom. The van der Waals surface area contributed by atoms with Gasteiger partial charge in [0.1, 0.15) is 6.33 Å². The van der Waals surface area contributed by atoms with E-state index >= 15 is 0 Å². The van der Waals surface area contributed by atoms with Crippen LogP contribution in [0.4, 0.5) is 0 Å². The molecule has 0 atom stereocenters. The molecule has 0 unspecified atom stereocenters. The molecule has 0 spiro atoms. The van der Waals surface area contributed by atoms with Gasteiger partial charge >= 0.3 is 0 Å². The van der Waals surface area contributed by atoms with Crippen LogP contribution >= 0.6 is 11.8 Å². The van der Waals surface area contributed by atoms with Crippen molar-refractivity contribution in [3.8, 4) is 5.69 Å². The quantitative estimate of drug-likeness (QED) is 0.489. The van der Waals surface area contributed by atoms with E-state index in [2.05, 4.69) is 28.7 Å². The van der Waals surface area contributed by atoms with Crippen molar-refractivity contribution in [3.05, 3.63) is 72.1 Å². The number of para-hydroxylation sites is 1. The largest absolute Gasteiger partial charge is 0.276 e. The number of amides is 1. The Balaban J connectivity index is 1.54. The van der Waals surface area contributed by atoms with Crippen LogP contribution in [0.5, 0.6) is 0 Å². The third-order valence-electron chi connectivity index (χ3n) is 3.75. The summed E-state index contributed by atoms with van der Waals surface area (Å²) in [6, 6.07) is 17.8. The first-order chi connectivity index (χ1) is 12.8. The molecule has 0 aliphatic carbocycles. The number of benzene rings is 2. The van der Waals surface area contributed by atoms with Gasteiger partial charge in [0.25, 0.3) is 5.91 Å². The summed E-state index contributed by atoms with van der Waals surface area (Å²) in [4.78, 5) is 17.2. The van der Waals surface area contributed by atoms with Gasteiger partial charge < -0.3 is 0 Å². The van der Waals surface area contributed by atoms with Crippen molar-refractivity contribution in [2.45, 2.75) is 25.1 Å². The van der Waals surface area contributed by atoms with Gasteiger partial charge in [-0.3, -0.25) is 14.2 Å². The van der Waals surface area contributed by atoms with Gasteiger partial charge in [-0.2, -0.15) is 0 Å². The smallest absolute Gasteiger partial charge is 0.254 e. The predicted octanol–water partition coefficient (Wildman–Crippen LogP) is 3.17. The number of thioether (sulfide) groups is 1. The van der Waals surface area contributed by atoms with E-state index in [1.54, 1.807) is 6.33 Å². The maximum atomic E-state index is 12.0. The molecule has 1 aromatic heterocycles. The van der Waals surface area contributed by atoms with Crippen LogP contribution < -0.4 is 5.48 Å². The zero-order valence-corrected chi connectivity index (χ0v) is 15.3. The van der Waals surface area contributed by atoms with Crippen LogP contribution in [0.1, 0.15) is 18.1 Å². The van der Waals surface area contributed by atoms with Gasteiger partial charge in [-0.15, -0.1) is 10.2 Å². The SMILES string of the molecule is CCc1ccccc1-n1cnnc1SCC(=O)NOCc1ccccc1. The summed E-state index contributed by atoms with van der Waals surface area (Å²) in [6.45, 7) is 2.44. The van der Waals surface area contributed by atoms with Gasteiger partial charge in [-0.25, -0.2) is 5.48 Å². The van der Waals surface area contributed by atoms with Crippen LogP contribution in [-0.4, -0.2) is 26.4 Å². The molecule has 1 N–H and O–H groups in total. The fraction of sp³-hybridized carbons (Fsp3) is 0.211. The Hall–Kier alpha value is -2.64. The molecule has 1 heterocycles. The molecule has 1 amide bonds. The molecule has 0 bridgehead atoms. The summed E-state index contributed by atoms with van der Waals surface area (Å²) in [5.74, 6) is -0.0221. The van der Waals surface area contributed by atoms with Crippen LogP contribution in [-0.2, 0) is 22.7 Å². The van der Waals surface area contributed by atoms with E-state index in [9.17, 15) is 4.79 Å². The Bertz CT molecular complexity index is 852. The zero-order chi connectivity index (χ0) is 18.2. The monoisotopic (exact) mass is 368 g/mol. The highest BCUT2D eigenvalue weighted by Gasteiger charge is 2.12. The summed E-state index contributed by atoms with van der Waals surface area (Å²) < 4.78 is 1.90.